The van der Waals surface area contributed by atoms with Crippen molar-refractivity contribution in [2.75, 3.05) is 31.9 Å². The van der Waals surface area contributed by atoms with Crippen molar-refractivity contribution in [1.29, 1.82) is 0 Å². The van der Waals surface area contributed by atoms with E-state index in [1.165, 1.54) is 15.4 Å². The van der Waals surface area contributed by atoms with Gasteiger partial charge in [-0.15, -0.1) is 0 Å². The Morgan fingerprint density at radius 3 is 2.46 bits per heavy atom. The Balaban J connectivity index is 1.49. The van der Waals surface area contributed by atoms with E-state index in [-0.39, 0.29) is 17.6 Å². The van der Waals surface area contributed by atoms with Crippen LogP contribution >= 0.6 is 0 Å². The van der Waals surface area contributed by atoms with Crippen LogP contribution in [-0.2, 0) is 27.8 Å². The Kier molecular flexibility index (Phi) is 7.12. The van der Waals surface area contributed by atoms with Crippen LogP contribution in [0.4, 0.5) is 0 Å². The van der Waals surface area contributed by atoms with Crippen molar-refractivity contribution < 1.29 is 13.2 Å². The fourth-order valence-corrected chi connectivity index (χ4v) is 5.43. The maximum atomic E-state index is 12.6. The summed E-state index contributed by atoms with van der Waals surface area (Å²) in [6.07, 6.45) is 3.28. The topological polar surface area (TPSA) is 69.7 Å². The monoisotopic (exact) mass is 407 g/mol. The molecule has 0 bridgehead atoms. The van der Waals surface area contributed by atoms with E-state index in [1.807, 2.05) is 0 Å². The number of rotatable bonds is 7. The number of carbonyl (C=O) groups excluding carboxylic acids is 1. The number of piperidine rings is 1. The zero-order valence-electron chi connectivity index (χ0n) is 17.1. The van der Waals surface area contributed by atoms with Crippen LogP contribution in [0, 0.1) is 5.92 Å². The highest BCUT2D eigenvalue weighted by atomic mass is 32.2. The number of carbonyl (C=O) groups is 1. The molecule has 6 nitrogen and oxygen atoms in total. The van der Waals surface area contributed by atoms with E-state index in [0.29, 0.717) is 38.5 Å². The lowest BCUT2D eigenvalue weighted by atomic mass is 9.96. The lowest BCUT2D eigenvalue weighted by molar-refractivity contribution is -0.126. The molecule has 1 fully saturated rings. The number of sulfonamides is 1. The SMILES string of the molecule is CC[C@@H](CNC(=O)C1CCN(S(=O)(=O)CC)CC1)N1CCc2ccccc2C1. The molecule has 7 heteroatoms. The molecule has 2 aliphatic heterocycles. The summed E-state index contributed by atoms with van der Waals surface area (Å²) in [5, 5.41) is 3.14. The molecular formula is C21H33N3O3S. The van der Waals surface area contributed by atoms with Crippen molar-refractivity contribution in [2.45, 2.75) is 52.1 Å². The third kappa shape index (κ3) is 4.93. The molecule has 1 saturated heterocycles. The zero-order chi connectivity index (χ0) is 20.1. The maximum absolute atomic E-state index is 12.6. The fourth-order valence-electron chi connectivity index (χ4n) is 4.30. The Hall–Kier alpha value is -1.44. The van der Waals surface area contributed by atoms with Crippen molar-refractivity contribution in [2.24, 2.45) is 5.92 Å². The van der Waals surface area contributed by atoms with E-state index in [9.17, 15) is 13.2 Å². The van der Waals surface area contributed by atoms with E-state index in [0.717, 1.165) is 25.9 Å². The molecule has 0 saturated carbocycles. The highest BCUT2D eigenvalue weighted by Crippen LogP contribution is 2.22. The van der Waals surface area contributed by atoms with Crippen molar-refractivity contribution in [3.05, 3.63) is 35.4 Å². The maximum Gasteiger partial charge on any atom is 0.223 e. The number of hydrogen-bond donors (Lipinski definition) is 1. The molecule has 1 amide bonds. The second-order valence-corrected chi connectivity index (χ2v) is 10.1. The van der Waals surface area contributed by atoms with Crippen molar-refractivity contribution >= 4 is 15.9 Å². The molecular weight excluding hydrogens is 374 g/mol. The highest BCUT2D eigenvalue weighted by Gasteiger charge is 2.30. The van der Waals surface area contributed by atoms with Gasteiger partial charge in [0.2, 0.25) is 15.9 Å². The summed E-state index contributed by atoms with van der Waals surface area (Å²) in [5.74, 6) is 0.119. The van der Waals surface area contributed by atoms with Gasteiger partial charge in [0.25, 0.3) is 0 Å². The largest absolute Gasteiger partial charge is 0.354 e. The molecule has 156 valence electrons. The summed E-state index contributed by atoms with van der Waals surface area (Å²) in [5.41, 5.74) is 2.83. The van der Waals surface area contributed by atoms with Gasteiger partial charge in [0, 0.05) is 44.7 Å². The average molecular weight is 408 g/mol. The third-order valence-corrected chi connectivity index (χ3v) is 8.12. The van der Waals surface area contributed by atoms with Gasteiger partial charge in [0.05, 0.1) is 5.75 Å². The predicted molar refractivity (Wildman–Crippen MR) is 111 cm³/mol. The number of nitrogens with zero attached hydrogens (tertiary/aromatic N) is 2. The Morgan fingerprint density at radius 2 is 1.82 bits per heavy atom. The zero-order valence-corrected chi connectivity index (χ0v) is 17.9. The van der Waals surface area contributed by atoms with E-state index in [2.05, 4.69) is 41.4 Å². The summed E-state index contributed by atoms with van der Waals surface area (Å²) in [6, 6.07) is 8.93. The summed E-state index contributed by atoms with van der Waals surface area (Å²) in [4.78, 5) is 15.1. The molecule has 1 aromatic carbocycles. The first-order valence-electron chi connectivity index (χ1n) is 10.5. The Labute approximate surface area is 169 Å². The molecule has 2 heterocycles. The van der Waals surface area contributed by atoms with E-state index < -0.39 is 10.0 Å². The number of amides is 1. The lowest BCUT2D eigenvalue weighted by Gasteiger charge is -2.36. The fraction of sp³-hybridized carbons (Fsp3) is 0.667. The molecule has 0 aromatic heterocycles. The minimum Gasteiger partial charge on any atom is -0.354 e. The molecule has 0 unspecified atom stereocenters. The second-order valence-electron chi connectivity index (χ2n) is 7.87. The number of benzene rings is 1. The van der Waals surface area contributed by atoms with E-state index in [1.54, 1.807) is 6.92 Å². The van der Waals surface area contributed by atoms with Gasteiger partial charge in [-0.3, -0.25) is 9.69 Å². The first-order valence-corrected chi connectivity index (χ1v) is 12.1. The van der Waals surface area contributed by atoms with Gasteiger partial charge >= 0.3 is 0 Å². The van der Waals surface area contributed by atoms with Crippen molar-refractivity contribution in [1.82, 2.24) is 14.5 Å². The normalized spacial score (nSPS) is 20.5. The lowest BCUT2D eigenvalue weighted by Crippen LogP contribution is -2.48. The number of fused-ring (bicyclic) bond motifs is 1. The van der Waals surface area contributed by atoms with E-state index in [4.69, 9.17) is 0 Å². The molecule has 0 aliphatic carbocycles. The summed E-state index contributed by atoms with van der Waals surface area (Å²) in [7, 11) is -3.14. The third-order valence-electron chi connectivity index (χ3n) is 6.24. The van der Waals surface area contributed by atoms with Crippen LogP contribution in [0.25, 0.3) is 0 Å². The van der Waals surface area contributed by atoms with Crippen LogP contribution in [0.3, 0.4) is 0 Å². The van der Waals surface area contributed by atoms with Crippen LogP contribution in [0.2, 0.25) is 0 Å². The molecule has 1 atom stereocenters. The van der Waals surface area contributed by atoms with Crippen molar-refractivity contribution in [3.63, 3.8) is 0 Å². The summed E-state index contributed by atoms with van der Waals surface area (Å²) in [6.45, 7) is 7.37. The van der Waals surface area contributed by atoms with Gasteiger partial charge in [-0.2, -0.15) is 0 Å². The molecule has 1 aromatic rings. The van der Waals surface area contributed by atoms with Gasteiger partial charge in [0.15, 0.2) is 0 Å². The van der Waals surface area contributed by atoms with Gasteiger partial charge in [-0.1, -0.05) is 31.2 Å². The van der Waals surface area contributed by atoms with Gasteiger partial charge in [-0.05, 0) is 43.7 Å². The van der Waals surface area contributed by atoms with Crippen LogP contribution in [0.5, 0.6) is 0 Å². The summed E-state index contributed by atoms with van der Waals surface area (Å²) >= 11 is 0. The first kappa shape index (κ1) is 21.3. The van der Waals surface area contributed by atoms with Crippen LogP contribution < -0.4 is 5.32 Å². The van der Waals surface area contributed by atoms with Crippen LogP contribution in [0.1, 0.15) is 44.2 Å². The van der Waals surface area contributed by atoms with Crippen molar-refractivity contribution in [3.8, 4) is 0 Å². The highest BCUT2D eigenvalue weighted by molar-refractivity contribution is 7.89. The van der Waals surface area contributed by atoms with Gasteiger partial charge in [0.1, 0.15) is 0 Å². The quantitative estimate of drug-likeness (QED) is 0.751. The van der Waals surface area contributed by atoms with Gasteiger partial charge in [-0.25, -0.2) is 12.7 Å². The smallest absolute Gasteiger partial charge is 0.223 e. The Bertz CT molecular complexity index is 773. The van der Waals surface area contributed by atoms with E-state index >= 15 is 0 Å². The molecule has 0 radical (unpaired) electrons. The molecule has 28 heavy (non-hydrogen) atoms. The predicted octanol–water partition coefficient (Wildman–Crippen LogP) is 2.00. The Morgan fingerprint density at radius 1 is 1.14 bits per heavy atom. The van der Waals surface area contributed by atoms with Gasteiger partial charge < -0.3 is 5.32 Å². The molecule has 3 rings (SSSR count). The van der Waals surface area contributed by atoms with Crippen LogP contribution in [0.15, 0.2) is 24.3 Å². The second kappa shape index (κ2) is 9.37. The number of hydrogen-bond acceptors (Lipinski definition) is 4. The van der Waals surface area contributed by atoms with Crippen LogP contribution in [-0.4, -0.2) is 61.5 Å². The summed E-state index contributed by atoms with van der Waals surface area (Å²) < 4.78 is 25.5. The minimum atomic E-state index is -3.14. The molecule has 2 aliphatic rings. The molecule has 1 N–H and O–H groups in total. The minimum absolute atomic E-state index is 0.0735. The first-order chi connectivity index (χ1) is 13.4. The molecule has 0 spiro atoms. The standard InChI is InChI=1S/C21H33N3O3S/c1-3-20(23-12-9-17-7-5-6-8-19(17)16-23)15-22-21(25)18-10-13-24(14-11-18)28(26,27)4-2/h5-8,18,20H,3-4,9-16H2,1-2H3,(H,22,25)/t20-/m0/s1. The number of nitrogens with one attached hydrogen (secondary N) is 1. The average Bonchev–Trinajstić information content (AvgIpc) is 2.74.